The zero-order chi connectivity index (χ0) is 26.9. The maximum Gasteiger partial charge on any atom is 0.228 e. The molecule has 1 fully saturated rings. The Bertz CT molecular complexity index is 1600. The third-order valence-electron chi connectivity index (χ3n) is 6.94. The van der Waals surface area contributed by atoms with E-state index >= 15 is 0 Å². The first-order valence-corrected chi connectivity index (χ1v) is 13.0. The monoisotopic (exact) mass is 525 g/mol. The Labute approximate surface area is 226 Å². The van der Waals surface area contributed by atoms with Crippen molar-refractivity contribution in [3.63, 3.8) is 0 Å². The van der Waals surface area contributed by atoms with E-state index in [2.05, 4.69) is 46.2 Å². The van der Waals surface area contributed by atoms with Crippen molar-refractivity contribution in [3.05, 3.63) is 55.0 Å². The summed E-state index contributed by atoms with van der Waals surface area (Å²) in [5, 5.41) is 9.90. The molecule has 5 aromatic rings. The maximum absolute atomic E-state index is 5.53. The van der Waals surface area contributed by atoms with E-state index in [1.807, 2.05) is 47.5 Å². The van der Waals surface area contributed by atoms with Gasteiger partial charge in [-0.25, -0.2) is 15.0 Å². The molecule has 0 amide bonds. The van der Waals surface area contributed by atoms with Crippen LogP contribution in [-0.2, 0) is 4.74 Å². The average Bonchev–Trinajstić information content (AvgIpc) is 3.43. The molecule has 1 aliphatic heterocycles. The maximum atomic E-state index is 5.53. The van der Waals surface area contributed by atoms with Crippen molar-refractivity contribution in [1.29, 1.82) is 0 Å². The number of morpholine rings is 1. The highest BCUT2D eigenvalue weighted by molar-refractivity contribution is 6.10. The average molecular weight is 526 g/mol. The molecule has 0 unspecified atom stereocenters. The van der Waals surface area contributed by atoms with E-state index in [9.17, 15) is 0 Å². The van der Waals surface area contributed by atoms with Crippen molar-refractivity contribution in [2.75, 3.05) is 50.7 Å². The molecule has 3 aromatic heterocycles. The van der Waals surface area contributed by atoms with Crippen LogP contribution in [0.5, 0.6) is 11.5 Å². The van der Waals surface area contributed by atoms with Crippen LogP contribution in [0.1, 0.15) is 19.9 Å². The first kappa shape index (κ1) is 24.9. The van der Waals surface area contributed by atoms with Crippen molar-refractivity contribution in [2.24, 2.45) is 0 Å². The van der Waals surface area contributed by atoms with Gasteiger partial charge in [0.2, 0.25) is 5.95 Å². The number of nitrogens with one attached hydrogen (secondary N) is 1. The third-order valence-corrected chi connectivity index (χ3v) is 6.94. The summed E-state index contributed by atoms with van der Waals surface area (Å²) in [5.74, 6) is 2.59. The standard InChI is InChI=1S/C29H31N7O3/c1-18(2)36-28-25(17-32-36)24(19-11-22(37-3)14-23(12-19)38-4)13-20-15-31-29(34-27(20)28)33-26-6-5-21(16-30-26)35-7-9-39-10-8-35/h5-6,11-18H,7-10H2,1-4H3,(H,30,31,33,34). The molecule has 0 saturated carbocycles. The lowest BCUT2D eigenvalue weighted by molar-refractivity contribution is 0.122. The van der Waals surface area contributed by atoms with Crippen LogP contribution in [0.25, 0.3) is 32.9 Å². The zero-order valence-electron chi connectivity index (χ0n) is 22.5. The fourth-order valence-corrected chi connectivity index (χ4v) is 4.95. The summed E-state index contributed by atoms with van der Waals surface area (Å²) in [6, 6.07) is 12.1. The number of benzene rings is 2. The van der Waals surface area contributed by atoms with Gasteiger partial charge in [0.15, 0.2) is 0 Å². The number of rotatable bonds is 7. The Morgan fingerprint density at radius 1 is 0.923 bits per heavy atom. The Morgan fingerprint density at radius 2 is 1.69 bits per heavy atom. The second kappa shape index (κ2) is 10.4. The molecule has 6 rings (SSSR count). The van der Waals surface area contributed by atoms with Crippen LogP contribution in [0.15, 0.2) is 55.0 Å². The summed E-state index contributed by atoms with van der Waals surface area (Å²) in [7, 11) is 3.30. The first-order chi connectivity index (χ1) is 19.0. The van der Waals surface area contributed by atoms with Crippen molar-refractivity contribution in [3.8, 4) is 22.6 Å². The van der Waals surface area contributed by atoms with Gasteiger partial charge in [0.1, 0.15) is 22.8 Å². The summed E-state index contributed by atoms with van der Waals surface area (Å²) in [4.78, 5) is 16.4. The molecule has 10 heteroatoms. The number of nitrogens with zero attached hydrogens (tertiary/aromatic N) is 6. The molecule has 200 valence electrons. The van der Waals surface area contributed by atoms with Crippen LogP contribution in [0.4, 0.5) is 17.5 Å². The zero-order valence-corrected chi connectivity index (χ0v) is 22.5. The molecule has 0 radical (unpaired) electrons. The minimum Gasteiger partial charge on any atom is -0.497 e. The lowest BCUT2D eigenvalue weighted by atomic mass is 9.99. The molecule has 10 nitrogen and oxygen atoms in total. The SMILES string of the molecule is COc1cc(OC)cc(-c2cc3cnc(Nc4ccc(N5CCOCC5)cn4)nc3c3c2cnn3C(C)C)c1. The van der Waals surface area contributed by atoms with E-state index in [0.717, 1.165) is 76.4 Å². The molecule has 2 aromatic carbocycles. The number of hydrogen-bond donors (Lipinski definition) is 1. The van der Waals surface area contributed by atoms with Crippen LogP contribution in [0, 0.1) is 0 Å². The highest BCUT2D eigenvalue weighted by Gasteiger charge is 2.18. The van der Waals surface area contributed by atoms with Gasteiger partial charge in [-0.1, -0.05) is 0 Å². The molecule has 1 saturated heterocycles. The van der Waals surface area contributed by atoms with Gasteiger partial charge in [-0.15, -0.1) is 0 Å². The molecular weight excluding hydrogens is 494 g/mol. The van der Waals surface area contributed by atoms with Gasteiger partial charge in [-0.3, -0.25) is 4.68 Å². The molecule has 1 aliphatic rings. The van der Waals surface area contributed by atoms with Crippen molar-refractivity contribution < 1.29 is 14.2 Å². The van der Waals surface area contributed by atoms with Gasteiger partial charge in [-0.05, 0) is 55.3 Å². The van der Waals surface area contributed by atoms with E-state index in [-0.39, 0.29) is 6.04 Å². The minimum absolute atomic E-state index is 0.140. The van der Waals surface area contributed by atoms with Crippen molar-refractivity contribution >= 4 is 39.3 Å². The summed E-state index contributed by atoms with van der Waals surface area (Å²) in [6.45, 7) is 7.43. The number of fused-ring (bicyclic) bond motifs is 3. The number of hydrogen-bond acceptors (Lipinski definition) is 9. The second-order valence-corrected chi connectivity index (χ2v) is 9.73. The predicted molar refractivity (Wildman–Crippen MR) is 152 cm³/mol. The van der Waals surface area contributed by atoms with E-state index in [1.54, 1.807) is 14.2 Å². The fourth-order valence-electron chi connectivity index (χ4n) is 4.95. The second-order valence-electron chi connectivity index (χ2n) is 9.73. The summed E-state index contributed by atoms with van der Waals surface area (Å²) in [6.07, 6.45) is 5.61. The largest absolute Gasteiger partial charge is 0.497 e. The Kier molecular flexibility index (Phi) is 6.62. The Balaban J connectivity index is 1.41. The van der Waals surface area contributed by atoms with E-state index in [0.29, 0.717) is 11.8 Å². The molecule has 0 aliphatic carbocycles. The summed E-state index contributed by atoms with van der Waals surface area (Å²) in [5.41, 5.74) is 4.81. The highest BCUT2D eigenvalue weighted by Crippen LogP contribution is 2.38. The van der Waals surface area contributed by atoms with E-state index in [1.165, 1.54) is 0 Å². The summed E-state index contributed by atoms with van der Waals surface area (Å²) < 4.78 is 18.5. The Hall–Kier alpha value is -4.44. The molecule has 0 atom stereocenters. The number of pyridine rings is 1. The molecule has 0 spiro atoms. The van der Waals surface area contributed by atoms with Gasteiger partial charge in [0.05, 0.1) is 51.0 Å². The van der Waals surface area contributed by atoms with E-state index < -0.39 is 0 Å². The highest BCUT2D eigenvalue weighted by atomic mass is 16.5. The Morgan fingerprint density at radius 3 is 2.36 bits per heavy atom. The number of ether oxygens (including phenoxy) is 3. The van der Waals surface area contributed by atoms with Gasteiger partial charge in [-0.2, -0.15) is 5.10 Å². The van der Waals surface area contributed by atoms with Gasteiger partial charge in [0.25, 0.3) is 0 Å². The van der Waals surface area contributed by atoms with Crippen molar-refractivity contribution in [1.82, 2.24) is 24.7 Å². The normalized spacial score (nSPS) is 13.8. The lowest BCUT2D eigenvalue weighted by Crippen LogP contribution is -2.36. The molecule has 0 bridgehead atoms. The number of aromatic nitrogens is 5. The van der Waals surface area contributed by atoms with Crippen molar-refractivity contribution in [2.45, 2.75) is 19.9 Å². The predicted octanol–water partition coefficient (Wildman–Crippen LogP) is 5.22. The van der Waals surface area contributed by atoms with Gasteiger partial charge < -0.3 is 24.4 Å². The minimum atomic E-state index is 0.140. The topological polar surface area (TPSA) is 99.5 Å². The molecule has 4 heterocycles. The van der Waals surface area contributed by atoms with Gasteiger partial charge >= 0.3 is 0 Å². The first-order valence-electron chi connectivity index (χ1n) is 13.0. The van der Waals surface area contributed by atoms with E-state index in [4.69, 9.17) is 24.3 Å². The fraction of sp³-hybridized carbons (Fsp3) is 0.310. The number of anilines is 3. The smallest absolute Gasteiger partial charge is 0.228 e. The van der Waals surface area contributed by atoms with Crippen LogP contribution >= 0.6 is 0 Å². The third kappa shape index (κ3) is 4.79. The molecular formula is C29H31N7O3. The summed E-state index contributed by atoms with van der Waals surface area (Å²) >= 11 is 0. The van der Waals surface area contributed by atoms with Gasteiger partial charge in [0, 0.05) is 42.2 Å². The lowest BCUT2D eigenvalue weighted by Gasteiger charge is -2.28. The van der Waals surface area contributed by atoms with Crippen LogP contribution in [0.2, 0.25) is 0 Å². The van der Waals surface area contributed by atoms with Crippen LogP contribution < -0.4 is 19.7 Å². The van der Waals surface area contributed by atoms with Crippen LogP contribution in [0.3, 0.4) is 0 Å². The number of methoxy groups -OCH3 is 2. The molecule has 1 N–H and O–H groups in total. The molecule has 39 heavy (non-hydrogen) atoms. The van der Waals surface area contributed by atoms with Crippen LogP contribution in [-0.4, -0.2) is 65.3 Å². The quantitative estimate of drug-likeness (QED) is 0.307.